The van der Waals surface area contributed by atoms with Crippen molar-refractivity contribution in [2.45, 2.75) is 31.3 Å². The van der Waals surface area contributed by atoms with Gasteiger partial charge in [0, 0.05) is 30.0 Å². The lowest BCUT2D eigenvalue weighted by molar-refractivity contribution is -0.00136. The summed E-state index contributed by atoms with van der Waals surface area (Å²) < 4.78 is 66.3. The van der Waals surface area contributed by atoms with Crippen LogP contribution in [0.1, 0.15) is 29.6 Å². The van der Waals surface area contributed by atoms with E-state index in [-0.39, 0.29) is 52.2 Å². The quantitative estimate of drug-likeness (QED) is 0.417. The third-order valence-electron chi connectivity index (χ3n) is 5.35. The first kappa shape index (κ1) is 20.9. The highest BCUT2D eigenvalue weighted by Gasteiger charge is 2.40. The van der Waals surface area contributed by atoms with Gasteiger partial charge in [-0.2, -0.15) is 0 Å². The number of ether oxygens (including phenoxy) is 1. The molecule has 8 nitrogen and oxygen atoms in total. The van der Waals surface area contributed by atoms with Crippen LogP contribution in [-0.2, 0) is 0 Å². The van der Waals surface area contributed by atoms with Crippen molar-refractivity contribution >= 4 is 22.6 Å². The number of nitrogens with zero attached hydrogens (tertiary/aromatic N) is 3. The van der Waals surface area contributed by atoms with Gasteiger partial charge in [-0.25, -0.2) is 22.7 Å². The molecule has 0 spiro atoms. The van der Waals surface area contributed by atoms with Crippen molar-refractivity contribution in [2.75, 3.05) is 5.32 Å². The fraction of sp³-hybridized carbons (Fsp3) is 0.238. The number of tetrazole rings is 1. The van der Waals surface area contributed by atoms with E-state index in [1.54, 1.807) is 0 Å². The van der Waals surface area contributed by atoms with Crippen LogP contribution in [0.2, 0.25) is 0 Å². The highest BCUT2D eigenvalue weighted by atomic mass is 19.3. The van der Waals surface area contributed by atoms with E-state index in [2.05, 4.69) is 25.9 Å². The number of amides is 1. The maximum atomic E-state index is 14.5. The van der Waals surface area contributed by atoms with Gasteiger partial charge in [0.2, 0.25) is 0 Å². The molecule has 0 radical (unpaired) electrons. The fourth-order valence-electron chi connectivity index (χ4n) is 3.74. The van der Waals surface area contributed by atoms with Gasteiger partial charge in [0.05, 0.1) is 11.1 Å². The number of rotatable bonds is 5. The van der Waals surface area contributed by atoms with Crippen molar-refractivity contribution in [2.24, 2.45) is 0 Å². The van der Waals surface area contributed by atoms with Crippen molar-refractivity contribution in [1.82, 2.24) is 20.6 Å². The SMILES string of the molecule is O=C(Nc1ccc(O[C@@H]2CCC(F)(F)C2)c(F)c1)c1coc2cc(-c3nnn[nH]3)c(F)cc12. The number of hydrogen-bond acceptors (Lipinski definition) is 6. The third kappa shape index (κ3) is 4.11. The van der Waals surface area contributed by atoms with Crippen LogP contribution in [0.15, 0.2) is 41.0 Å². The molecule has 33 heavy (non-hydrogen) atoms. The number of carbonyl (C=O) groups excluding carboxylic acids is 1. The molecule has 0 bridgehead atoms. The number of H-pyrrole nitrogens is 1. The Balaban J connectivity index is 1.33. The van der Waals surface area contributed by atoms with Crippen molar-refractivity contribution in [1.29, 1.82) is 0 Å². The van der Waals surface area contributed by atoms with Gasteiger partial charge in [-0.05, 0) is 41.1 Å². The van der Waals surface area contributed by atoms with Gasteiger partial charge < -0.3 is 14.5 Å². The molecule has 0 aliphatic heterocycles. The summed E-state index contributed by atoms with van der Waals surface area (Å²) in [5.74, 6) is -5.05. The predicted molar refractivity (Wildman–Crippen MR) is 107 cm³/mol. The molecule has 2 N–H and O–H groups in total. The second-order valence-electron chi connectivity index (χ2n) is 7.67. The van der Waals surface area contributed by atoms with Gasteiger partial charge in [0.1, 0.15) is 23.8 Å². The Morgan fingerprint density at radius 3 is 2.76 bits per heavy atom. The Hall–Kier alpha value is -3.96. The van der Waals surface area contributed by atoms with Gasteiger partial charge in [-0.15, -0.1) is 5.10 Å². The summed E-state index contributed by atoms with van der Waals surface area (Å²) >= 11 is 0. The summed E-state index contributed by atoms with van der Waals surface area (Å²) in [6, 6.07) is 6.11. The molecule has 2 heterocycles. The molecule has 1 fully saturated rings. The van der Waals surface area contributed by atoms with Crippen LogP contribution >= 0.6 is 0 Å². The molecule has 2 aromatic heterocycles. The summed E-state index contributed by atoms with van der Waals surface area (Å²) in [7, 11) is 0. The molecule has 12 heteroatoms. The Bertz CT molecular complexity index is 1340. The van der Waals surface area contributed by atoms with Crippen LogP contribution in [-0.4, -0.2) is 38.6 Å². The number of halogens is 4. The molecule has 0 unspecified atom stereocenters. The van der Waals surface area contributed by atoms with Gasteiger partial charge in [0.25, 0.3) is 11.8 Å². The number of anilines is 1. The number of alkyl halides is 2. The summed E-state index contributed by atoms with van der Waals surface area (Å²) in [6.07, 6.45) is -0.271. The van der Waals surface area contributed by atoms with Gasteiger partial charge in [-0.1, -0.05) is 0 Å². The topological polar surface area (TPSA) is 106 Å². The van der Waals surface area contributed by atoms with E-state index in [9.17, 15) is 22.4 Å². The first-order chi connectivity index (χ1) is 15.8. The molecular formula is C21H15F4N5O3. The normalized spacial score (nSPS) is 17.4. The smallest absolute Gasteiger partial charge is 0.259 e. The minimum absolute atomic E-state index is 0.0278. The number of aromatic amines is 1. The zero-order valence-electron chi connectivity index (χ0n) is 16.7. The van der Waals surface area contributed by atoms with Gasteiger partial charge in [-0.3, -0.25) is 4.79 Å². The summed E-state index contributed by atoms with van der Waals surface area (Å²) in [5, 5.41) is 15.6. The Labute approximate surface area is 182 Å². The maximum Gasteiger partial charge on any atom is 0.259 e. The first-order valence-electron chi connectivity index (χ1n) is 9.89. The molecule has 0 saturated heterocycles. The average Bonchev–Trinajstić information content (AvgIpc) is 3.49. The van der Waals surface area contributed by atoms with Crippen LogP contribution < -0.4 is 10.1 Å². The second kappa shape index (κ2) is 7.87. The van der Waals surface area contributed by atoms with Crippen LogP contribution in [0.25, 0.3) is 22.4 Å². The van der Waals surface area contributed by atoms with E-state index in [1.807, 2.05) is 0 Å². The molecule has 1 saturated carbocycles. The van der Waals surface area contributed by atoms with Crippen LogP contribution in [0.4, 0.5) is 23.2 Å². The lowest BCUT2D eigenvalue weighted by atomic mass is 10.1. The second-order valence-corrected chi connectivity index (χ2v) is 7.67. The van der Waals surface area contributed by atoms with Crippen molar-refractivity contribution in [3.8, 4) is 17.1 Å². The van der Waals surface area contributed by atoms with Crippen molar-refractivity contribution < 1.29 is 31.5 Å². The number of fused-ring (bicyclic) bond motifs is 1. The Kier molecular flexibility index (Phi) is 4.99. The van der Waals surface area contributed by atoms with Gasteiger partial charge in [0.15, 0.2) is 17.4 Å². The maximum absolute atomic E-state index is 14.5. The van der Waals surface area contributed by atoms with Crippen molar-refractivity contribution in [3.63, 3.8) is 0 Å². The Morgan fingerprint density at radius 1 is 1.21 bits per heavy atom. The molecule has 170 valence electrons. The largest absolute Gasteiger partial charge is 0.487 e. The minimum Gasteiger partial charge on any atom is -0.487 e. The lowest BCUT2D eigenvalue weighted by Gasteiger charge is -2.15. The van der Waals surface area contributed by atoms with Crippen molar-refractivity contribution in [3.05, 3.63) is 53.8 Å². The average molecular weight is 461 g/mol. The highest BCUT2D eigenvalue weighted by Crippen LogP contribution is 2.37. The number of hydrogen-bond donors (Lipinski definition) is 2. The predicted octanol–water partition coefficient (Wildman–Crippen LogP) is 4.71. The zero-order valence-corrected chi connectivity index (χ0v) is 16.7. The number of benzene rings is 2. The number of nitrogens with one attached hydrogen (secondary N) is 2. The lowest BCUT2D eigenvalue weighted by Crippen LogP contribution is -2.17. The summed E-state index contributed by atoms with van der Waals surface area (Å²) in [5.41, 5.74) is 0.406. The van der Waals surface area contributed by atoms with E-state index >= 15 is 0 Å². The van der Waals surface area contributed by atoms with E-state index in [1.165, 1.54) is 18.2 Å². The Morgan fingerprint density at radius 2 is 2.06 bits per heavy atom. The van der Waals surface area contributed by atoms with Crippen LogP contribution in [0.3, 0.4) is 0 Å². The first-order valence-corrected chi connectivity index (χ1v) is 9.89. The molecule has 4 aromatic rings. The summed E-state index contributed by atoms with van der Waals surface area (Å²) in [4.78, 5) is 12.7. The van der Waals surface area contributed by atoms with E-state index in [0.717, 1.165) is 18.4 Å². The molecule has 1 atom stereocenters. The monoisotopic (exact) mass is 461 g/mol. The van der Waals surface area contributed by atoms with E-state index in [4.69, 9.17) is 9.15 Å². The number of carbonyl (C=O) groups is 1. The highest BCUT2D eigenvalue weighted by molar-refractivity contribution is 6.12. The standard InChI is InChI=1S/C21H15F4N5O3/c22-15-6-12-14(9-32-18(12)7-13(15)19-27-29-30-28-19)20(31)26-10-1-2-17(16(23)5-10)33-11-3-4-21(24,25)8-11/h1-2,5-7,9,11H,3-4,8H2,(H,26,31)(H,27,28,29,30)/t11-/m1/s1. The van der Waals surface area contributed by atoms with Crippen LogP contribution in [0.5, 0.6) is 5.75 Å². The molecule has 2 aromatic carbocycles. The molecule has 5 rings (SSSR count). The molecule has 1 aliphatic rings. The fourth-order valence-corrected chi connectivity index (χ4v) is 3.74. The van der Waals surface area contributed by atoms with Crippen LogP contribution in [0, 0.1) is 11.6 Å². The minimum atomic E-state index is -2.81. The summed E-state index contributed by atoms with van der Waals surface area (Å²) in [6.45, 7) is 0. The van der Waals surface area contributed by atoms with E-state index < -0.39 is 36.0 Å². The molecule has 1 aliphatic carbocycles. The zero-order chi connectivity index (χ0) is 23.2. The number of furan rings is 1. The molecule has 1 amide bonds. The molecular weight excluding hydrogens is 446 g/mol. The van der Waals surface area contributed by atoms with Gasteiger partial charge >= 0.3 is 0 Å². The number of aromatic nitrogens is 4. The van der Waals surface area contributed by atoms with E-state index in [0.29, 0.717) is 0 Å². The third-order valence-corrected chi connectivity index (χ3v) is 5.35.